The molecule has 0 unspecified atom stereocenters. The highest BCUT2D eigenvalue weighted by Crippen LogP contribution is 2.30. The van der Waals surface area contributed by atoms with Crippen LogP contribution in [0.1, 0.15) is 5.69 Å². The molecule has 98 valence electrons. The maximum atomic E-state index is 8.83. The number of methoxy groups -OCH3 is 1. The van der Waals surface area contributed by atoms with Crippen molar-refractivity contribution >= 4 is 32.4 Å². The van der Waals surface area contributed by atoms with Crippen molar-refractivity contribution < 1.29 is 4.74 Å². The standard InChI is InChI=1S/C14H10N4OS/c1-19-11-2-3-12-13(7-11)20-14(18-12)17-9-4-5-16-10(6-9)8-15/h2-7H,1H3,(H,16,17,18). The summed E-state index contributed by atoms with van der Waals surface area (Å²) in [4.78, 5) is 8.42. The van der Waals surface area contributed by atoms with Crippen LogP contribution in [0.2, 0.25) is 0 Å². The fraction of sp³-hybridized carbons (Fsp3) is 0.0714. The Morgan fingerprint density at radius 2 is 2.20 bits per heavy atom. The molecule has 20 heavy (non-hydrogen) atoms. The van der Waals surface area contributed by atoms with E-state index in [2.05, 4.69) is 15.3 Å². The Hall–Kier alpha value is -2.65. The summed E-state index contributed by atoms with van der Waals surface area (Å²) >= 11 is 1.53. The number of anilines is 2. The molecule has 0 radical (unpaired) electrons. The van der Waals surface area contributed by atoms with Gasteiger partial charge in [-0.15, -0.1) is 0 Å². The summed E-state index contributed by atoms with van der Waals surface area (Å²) in [5, 5.41) is 12.8. The van der Waals surface area contributed by atoms with Crippen LogP contribution in [0, 0.1) is 11.3 Å². The number of nitrogens with one attached hydrogen (secondary N) is 1. The Kier molecular flexibility index (Phi) is 3.19. The van der Waals surface area contributed by atoms with Crippen molar-refractivity contribution in [1.82, 2.24) is 9.97 Å². The SMILES string of the molecule is COc1ccc2nc(Nc3ccnc(C#N)c3)sc2c1. The molecule has 0 atom stereocenters. The summed E-state index contributed by atoms with van der Waals surface area (Å²) in [7, 11) is 1.64. The monoisotopic (exact) mass is 282 g/mol. The van der Waals surface area contributed by atoms with Crippen molar-refractivity contribution in [2.75, 3.05) is 12.4 Å². The number of nitriles is 1. The molecule has 0 aliphatic rings. The largest absolute Gasteiger partial charge is 0.497 e. The number of rotatable bonds is 3. The van der Waals surface area contributed by atoms with Crippen LogP contribution in [0.25, 0.3) is 10.2 Å². The first-order chi connectivity index (χ1) is 9.78. The minimum Gasteiger partial charge on any atom is -0.497 e. The summed E-state index contributed by atoms with van der Waals surface area (Å²) < 4.78 is 6.24. The second kappa shape index (κ2) is 5.15. The Bertz CT molecular complexity index is 806. The van der Waals surface area contributed by atoms with Gasteiger partial charge >= 0.3 is 0 Å². The number of hydrogen-bond acceptors (Lipinski definition) is 6. The lowest BCUT2D eigenvalue weighted by Gasteiger charge is -2.00. The molecule has 2 heterocycles. The summed E-state index contributed by atoms with van der Waals surface area (Å²) in [6, 6.07) is 11.2. The fourth-order valence-corrected chi connectivity index (χ4v) is 2.69. The summed E-state index contributed by atoms with van der Waals surface area (Å²) in [6.45, 7) is 0. The van der Waals surface area contributed by atoms with E-state index in [-0.39, 0.29) is 0 Å². The molecule has 0 saturated carbocycles. The highest BCUT2D eigenvalue weighted by atomic mass is 32.1. The Labute approximate surface area is 119 Å². The van der Waals surface area contributed by atoms with Crippen molar-refractivity contribution in [3.8, 4) is 11.8 Å². The van der Waals surface area contributed by atoms with Crippen molar-refractivity contribution in [3.05, 3.63) is 42.2 Å². The molecule has 2 aromatic heterocycles. The number of fused-ring (bicyclic) bond motifs is 1. The van der Waals surface area contributed by atoms with Crippen LogP contribution in [0.3, 0.4) is 0 Å². The normalized spacial score (nSPS) is 10.2. The highest BCUT2D eigenvalue weighted by Gasteiger charge is 2.06. The number of thiazole rings is 1. The lowest BCUT2D eigenvalue weighted by atomic mass is 10.3. The highest BCUT2D eigenvalue weighted by molar-refractivity contribution is 7.22. The van der Waals surface area contributed by atoms with Crippen LogP contribution in [0.4, 0.5) is 10.8 Å². The Morgan fingerprint density at radius 1 is 1.30 bits per heavy atom. The van der Waals surface area contributed by atoms with Gasteiger partial charge in [-0.3, -0.25) is 0 Å². The van der Waals surface area contributed by atoms with E-state index in [1.165, 1.54) is 11.3 Å². The molecule has 0 aliphatic heterocycles. The average molecular weight is 282 g/mol. The van der Waals surface area contributed by atoms with E-state index in [1.54, 1.807) is 25.4 Å². The minimum atomic E-state index is 0.373. The maximum Gasteiger partial charge on any atom is 0.188 e. The zero-order chi connectivity index (χ0) is 13.9. The number of ether oxygens (including phenoxy) is 1. The van der Waals surface area contributed by atoms with Crippen LogP contribution < -0.4 is 10.1 Å². The maximum absolute atomic E-state index is 8.83. The molecule has 3 rings (SSSR count). The third kappa shape index (κ3) is 2.39. The number of aromatic nitrogens is 2. The first-order valence-corrected chi connectivity index (χ1v) is 6.68. The second-order valence-electron chi connectivity index (χ2n) is 4.02. The molecule has 0 aliphatic carbocycles. The average Bonchev–Trinajstić information content (AvgIpc) is 2.88. The summed E-state index contributed by atoms with van der Waals surface area (Å²) in [5.74, 6) is 0.809. The molecule has 1 N–H and O–H groups in total. The second-order valence-corrected chi connectivity index (χ2v) is 5.05. The van der Waals surface area contributed by atoms with E-state index in [4.69, 9.17) is 10.00 Å². The quantitative estimate of drug-likeness (QED) is 0.798. The van der Waals surface area contributed by atoms with Gasteiger partial charge in [0.05, 0.1) is 17.3 Å². The van der Waals surface area contributed by atoms with Gasteiger partial charge in [-0.2, -0.15) is 5.26 Å². The van der Waals surface area contributed by atoms with E-state index in [9.17, 15) is 0 Å². The van der Waals surface area contributed by atoms with Crippen LogP contribution in [-0.4, -0.2) is 17.1 Å². The smallest absolute Gasteiger partial charge is 0.188 e. The van der Waals surface area contributed by atoms with E-state index < -0.39 is 0 Å². The zero-order valence-electron chi connectivity index (χ0n) is 10.6. The molecule has 3 aromatic rings. The van der Waals surface area contributed by atoms with Gasteiger partial charge in [0.1, 0.15) is 17.5 Å². The number of benzene rings is 1. The van der Waals surface area contributed by atoms with Gasteiger partial charge in [-0.1, -0.05) is 11.3 Å². The third-order valence-corrected chi connectivity index (χ3v) is 3.65. The molecule has 0 amide bonds. The fourth-order valence-electron chi connectivity index (χ4n) is 1.78. The van der Waals surface area contributed by atoms with Gasteiger partial charge in [0.25, 0.3) is 0 Å². The summed E-state index contributed by atoms with van der Waals surface area (Å²) in [5.41, 5.74) is 2.08. The van der Waals surface area contributed by atoms with Crippen molar-refractivity contribution in [1.29, 1.82) is 5.26 Å². The molecule has 6 heteroatoms. The van der Waals surface area contributed by atoms with Gasteiger partial charge in [0.2, 0.25) is 0 Å². The summed E-state index contributed by atoms with van der Waals surface area (Å²) in [6.07, 6.45) is 1.59. The number of pyridine rings is 1. The molecular formula is C14H10N4OS. The molecule has 5 nitrogen and oxygen atoms in total. The van der Waals surface area contributed by atoms with E-state index in [0.29, 0.717) is 5.69 Å². The zero-order valence-corrected chi connectivity index (χ0v) is 11.4. The predicted molar refractivity (Wildman–Crippen MR) is 78.4 cm³/mol. The first-order valence-electron chi connectivity index (χ1n) is 5.86. The molecule has 0 saturated heterocycles. The Balaban J connectivity index is 1.92. The van der Waals surface area contributed by atoms with Crippen molar-refractivity contribution in [2.24, 2.45) is 0 Å². The van der Waals surface area contributed by atoms with Gasteiger partial charge in [-0.25, -0.2) is 9.97 Å². The molecule has 0 fully saturated rings. The lowest BCUT2D eigenvalue weighted by Crippen LogP contribution is -1.91. The van der Waals surface area contributed by atoms with Crippen molar-refractivity contribution in [3.63, 3.8) is 0 Å². The van der Waals surface area contributed by atoms with Crippen LogP contribution >= 0.6 is 11.3 Å². The van der Waals surface area contributed by atoms with Gasteiger partial charge in [-0.05, 0) is 30.3 Å². The van der Waals surface area contributed by atoms with Crippen LogP contribution in [-0.2, 0) is 0 Å². The van der Waals surface area contributed by atoms with Crippen LogP contribution in [0.15, 0.2) is 36.5 Å². The predicted octanol–water partition coefficient (Wildman–Crippen LogP) is 3.32. The number of hydrogen-bond donors (Lipinski definition) is 1. The van der Waals surface area contributed by atoms with E-state index in [0.717, 1.165) is 26.8 Å². The molecule has 1 aromatic carbocycles. The minimum absolute atomic E-state index is 0.373. The van der Waals surface area contributed by atoms with Gasteiger partial charge in [0.15, 0.2) is 5.13 Å². The van der Waals surface area contributed by atoms with Gasteiger partial charge in [0, 0.05) is 11.9 Å². The first kappa shape index (κ1) is 12.4. The topological polar surface area (TPSA) is 70.8 Å². The lowest BCUT2D eigenvalue weighted by molar-refractivity contribution is 0.415. The van der Waals surface area contributed by atoms with Crippen molar-refractivity contribution in [2.45, 2.75) is 0 Å². The van der Waals surface area contributed by atoms with Gasteiger partial charge < -0.3 is 10.1 Å². The Morgan fingerprint density at radius 3 is 3.00 bits per heavy atom. The molecular weight excluding hydrogens is 272 g/mol. The van der Waals surface area contributed by atoms with E-state index >= 15 is 0 Å². The van der Waals surface area contributed by atoms with E-state index in [1.807, 2.05) is 24.3 Å². The van der Waals surface area contributed by atoms with Crippen LogP contribution in [0.5, 0.6) is 5.75 Å². The molecule has 0 spiro atoms. The molecule has 0 bridgehead atoms. The third-order valence-electron chi connectivity index (χ3n) is 2.72. The number of nitrogens with zero attached hydrogens (tertiary/aromatic N) is 3.